The number of amides is 1. The molecule has 0 radical (unpaired) electrons. The Labute approximate surface area is 177 Å². The van der Waals surface area contributed by atoms with Gasteiger partial charge in [-0.1, -0.05) is 42.4 Å². The fraction of sp³-hybridized carbons (Fsp3) is 0.238. The standard InChI is InChI=1S/C21H19ClN4O2S/c1-3-10-26-20(28)16-9-8-15(22)11-18(16)25-21(26)29-13(2)19(27)24-17-7-5-4-6-14(17)12-23/h4-9,11,13H,3,10H2,1-2H3,(H,24,27)/t13-/m0/s1. The molecular weight excluding hydrogens is 408 g/mol. The summed E-state index contributed by atoms with van der Waals surface area (Å²) >= 11 is 7.25. The molecule has 1 heterocycles. The van der Waals surface area contributed by atoms with Gasteiger partial charge in [-0.05, 0) is 43.7 Å². The maximum absolute atomic E-state index is 12.9. The van der Waals surface area contributed by atoms with Crippen LogP contribution >= 0.6 is 23.4 Å². The Morgan fingerprint density at radius 1 is 1.34 bits per heavy atom. The van der Waals surface area contributed by atoms with Gasteiger partial charge in [-0.25, -0.2) is 4.98 Å². The Hall–Kier alpha value is -2.82. The molecule has 0 saturated heterocycles. The molecular formula is C21H19ClN4O2S. The highest BCUT2D eigenvalue weighted by atomic mass is 35.5. The fourth-order valence-corrected chi connectivity index (χ4v) is 3.92. The van der Waals surface area contributed by atoms with Crippen LogP contribution in [-0.2, 0) is 11.3 Å². The molecule has 3 aromatic rings. The molecule has 29 heavy (non-hydrogen) atoms. The number of fused-ring (bicyclic) bond motifs is 1. The second-order valence-corrected chi connectivity index (χ2v) is 8.16. The predicted molar refractivity (Wildman–Crippen MR) is 116 cm³/mol. The second-order valence-electron chi connectivity index (χ2n) is 6.42. The number of anilines is 1. The molecule has 0 aliphatic rings. The van der Waals surface area contributed by atoms with Gasteiger partial charge in [-0.2, -0.15) is 5.26 Å². The Morgan fingerprint density at radius 2 is 2.10 bits per heavy atom. The number of hydrogen-bond acceptors (Lipinski definition) is 5. The number of nitrogens with zero attached hydrogens (tertiary/aromatic N) is 3. The number of nitrogens with one attached hydrogen (secondary N) is 1. The van der Waals surface area contributed by atoms with Crippen molar-refractivity contribution < 1.29 is 4.79 Å². The molecule has 8 heteroatoms. The van der Waals surface area contributed by atoms with E-state index in [0.29, 0.717) is 38.9 Å². The van der Waals surface area contributed by atoms with Gasteiger partial charge in [0, 0.05) is 11.6 Å². The van der Waals surface area contributed by atoms with E-state index in [0.717, 1.165) is 6.42 Å². The molecule has 6 nitrogen and oxygen atoms in total. The summed E-state index contributed by atoms with van der Waals surface area (Å²) in [7, 11) is 0. The lowest BCUT2D eigenvalue weighted by atomic mass is 10.2. The van der Waals surface area contributed by atoms with E-state index < -0.39 is 5.25 Å². The lowest BCUT2D eigenvalue weighted by Gasteiger charge is -2.16. The average Bonchev–Trinajstić information content (AvgIpc) is 2.71. The van der Waals surface area contributed by atoms with Gasteiger partial charge in [-0.3, -0.25) is 14.2 Å². The Balaban J connectivity index is 1.91. The summed E-state index contributed by atoms with van der Waals surface area (Å²) in [5.74, 6) is -0.277. The first kappa shape index (κ1) is 20.9. The van der Waals surface area contributed by atoms with Gasteiger partial charge in [0.1, 0.15) is 6.07 Å². The van der Waals surface area contributed by atoms with E-state index in [-0.39, 0.29) is 11.5 Å². The number of carbonyl (C=O) groups is 1. The summed E-state index contributed by atoms with van der Waals surface area (Å²) in [4.78, 5) is 30.2. The molecule has 0 saturated carbocycles. The lowest BCUT2D eigenvalue weighted by molar-refractivity contribution is -0.115. The zero-order valence-corrected chi connectivity index (χ0v) is 17.5. The quantitative estimate of drug-likeness (QED) is 0.464. The van der Waals surface area contributed by atoms with Crippen LogP contribution in [0.25, 0.3) is 10.9 Å². The molecule has 0 aliphatic carbocycles. The van der Waals surface area contributed by atoms with Crippen LogP contribution < -0.4 is 10.9 Å². The van der Waals surface area contributed by atoms with Gasteiger partial charge in [0.2, 0.25) is 5.91 Å². The van der Waals surface area contributed by atoms with Crippen molar-refractivity contribution in [1.29, 1.82) is 5.26 Å². The number of hydrogen-bond donors (Lipinski definition) is 1. The number of nitriles is 1. The molecule has 148 valence electrons. The smallest absolute Gasteiger partial charge is 0.262 e. The minimum atomic E-state index is -0.534. The van der Waals surface area contributed by atoms with Crippen LogP contribution in [0.5, 0.6) is 0 Å². The predicted octanol–water partition coefficient (Wildman–Crippen LogP) is 4.45. The van der Waals surface area contributed by atoms with Crippen molar-refractivity contribution in [2.75, 3.05) is 5.32 Å². The Morgan fingerprint density at radius 3 is 2.83 bits per heavy atom. The van der Waals surface area contributed by atoms with Crippen molar-refractivity contribution in [2.45, 2.75) is 37.2 Å². The summed E-state index contributed by atoms with van der Waals surface area (Å²) < 4.78 is 1.59. The van der Waals surface area contributed by atoms with Gasteiger partial charge < -0.3 is 5.32 Å². The SMILES string of the molecule is CCCn1c(S[C@@H](C)C(=O)Nc2ccccc2C#N)nc2cc(Cl)ccc2c1=O. The van der Waals surface area contributed by atoms with Crippen molar-refractivity contribution >= 4 is 45.9 Å². The third-order valence-corrected chi connectivity index (χ3v) is 5.61. The zero-order valence-electron chi connectivity index (χ0n) is 16.0. The van der Waals surface area contributed by atoms with Gasteiger partial charge in [-0.15, -0.1) is 0 Å². The van der Waals surface area contributed by atoms with E-state index in [4.69, 9.17) is 11.6 Å². The zero-order chi connectivity index (χ0) is 21.0. The van der Waals surface area contributed by atoms with Crippen molar-refractivity contribution in [3.8, 4) is 6.07 Å². The average molecular weight is 427 g/mol. The number of thioether (sulfide) groups is 1. The van der Waals surface area contributed by atoms with E-state index in [1.807, 2.05) is 6.92 Å². The molecule has 0 fully saturated rings. The van der Waals surface area contributed by atoms with Gasteiger partial charge in [0.05, 0.1) is 27.4 Å². The first-order valence-corrected chi connectivity index (χ1v) is 10.4. The largest absolute Gasteiger partial charge is 0.324 e. The van der Waals surface area contributed by atoms with E-state index in [1.165, 1.54) is 11.8 Å². The van der Waals surface area contributed by atoms with Crippen LogP contribution in [0.3, 0.4) is 0 Å². The minimum absolute atomic E-state index is 0.154. The van der Waals surface area contributed by atoms with Crippen LogP contribution in [0.1, 0.15) is 25.8 Å². The first-order chi connectivity index (χ1) is 13.9. The Bertz CT molecular complexity index is 1170. The monoisotopic (exact) mass is 426 g/mol. The third-order valence-electron chi connectivity index (χ3n) is 4.29. The van der Waals surface area contributed by atoms with Gasteiger partial charge in [0.25, 0.3) is 5.56 Å². The highest BCUT2D eigenvalue weighted by Crippen LogP contribution is 2.25. The third kappa shape index (κ3) is 4.61. The second kappa shape index (κ2) is 9.12. The molecule has 1 aromatic heterocycles. The Kier molecular flexibility index (Phi) is 6.57. The van der Waals surface area contributed by atoms with Crippen molar-refractivity contribution in [2.24, 2.45) is 0 Å². The van der Waals surface area contributed by atoms with Crippen molar-refractivity contribution in [1.82, 2.24) is 9.55 Å². The summed E-state index contributed by atoms with van der Waals surface area (Å²) in [6.45, 7) is 4.21. The molecule has 3 rings (SSSR count). The van der Waals surface area contributed by atoms with E-state index in [1.54, 1.807) is 54.0 Å². The summed E-state index contributed by atoms with van der Waals surface area (Å²) in [6.07, 6.45) is 0.754. The summed E-state index contributed by atoms with van der Waals surface area (Å²) in [5, 5.41) is 12.9. The molecule has 0 spiro atoms. The van der Waals surface area contributed by atoms with Crippen LogP contribution in [0.4, 0.5) is 5.69 Å². The van der Waals surface area contributed by atoms with Crippen LogP contribution in [0, 0.1) is 11.3 Å². The maximum atomic E-state index is 12.9. The number of aromatic nitrogens is 2. The van der Waals surface area contributed by atoms with Crippen LogP contribution in [0.2, 0.25) is 5.02 Å². The molecule has 0 aliphatic heterocycles. The molecule has 1 amide bonds. The normalized spacial score (nSPS) is 11.8. The summed E-state index contributed by atoms with van der Waals surface area (Å²) in [6, 6.07) is 13.8. The molecule has 0 bridgehead atoms. The number of carbonyl (C=O) groups excluding carboxylic acids is 1. The lowest BCUT2D eigenvalue weighted by Crippen LogP contribution is -2.27. The fourth-order valence-electron chi connectivity index (χ4n) is 2.82. The topological polar surface area (TPSA) is 87.8 Å². The van der Waals surface area contributed by atoms with Crippen LogP contribution in [-0.4, -0.2) is 20.7 Å². The van der Waals surface area contributed by atoms with Crippen LogP contribution in [0.15, 0.2) is 52.4 Å². The molecule has 0 unspecified atom stereocenters. The summed E-state index contributed by atoms with van der Waals surface area (Å²) in [5.41, 5.74) is 1.19. The molecule has 1 N–H and O–H groups in total. The van der Waals surface area contributed by atoms with E-state index >= 15 is 0 Å². The highest BCUT2D eigenvalue weighted by molar-refractivity contribution is 8.00. The van der Waals surface area contributed by atoms with E-state index in [2.05, 4.69) is 16.4 Å². The molecule has 1 atom stereocenters. The highest BCUT2D eigenvalue weighted by Gasteiger charge is 2.20. The van der Waals surface area contributed by atoms with Gasteiger partial charge >= 0.3 is 0 Å². The maximum Gasteiger partial charge on any atom is 0.262 e. The number of rotatable bonds is 6. The van der Waals surface area contributed by atoms with Crippen molar-refractivity contribution in [3.05, 3.63) is 63.4 Å². The minimum Gasteiger partial charge on any atom is -0.324 e. The number of benzene rings is 2. The van der Waals surface area contributed by atoms with Crippen molar-refractivity contribution in [3.63, 3.8) is 0 Å². The first-order valence-electron chi connectivity index (χ1n) is 9.11. The number of para-hydroxylation sites is 1. The number of halogens is 1. The molecule has 2 aromatic carbocycles. The van der Waals surface area contributed by atoms with Gasteiger partial charge in [0.15, 0.2) is 5.16 Å². The van der Waals surface area contributed by atoms with E-state index in [9.17, 15) is 14.9 Å².